The first kappa shape index (κ1) is 99.8. The molecule has 5 aromatic heterocycles. The number of aromatic nitrogens is 14. The van der Waals surface area contributed by atoms with E-state index in [-0.39, 0.29) is 55.9 Å². The quantitative estimate of drug-likeness (QED) is 0.0104. The van der Waals surface area contributed by atoms with Crippen molar-refractivity contribution in [2.45, 2.75) is 222 Å². The number of fused-ring (bicyclic) bond motifs is 3. The van der Waals surface area contributed by atoms with Crippen LogP contribution in [-0.4, -0.2) is 135 Å². The third-order valence-electron chi connectivity index (χ3n) is 20.7. The van der Waals surface area contributed by atoms with E-state index < -0.39 is 18.6 Å². The molecule has 10 aromatic rings. The molecule has 0 radical (unpaired) electrons. The number of amides is 4. The molecule has 36 heteroatoms. The van der Waals surface area contributed by atoms with E-state index >= 15 is 0 Å². The molecule has 4 aliphatic heterocycles. The van der Waals surface area contributed by atoms with Gasteiger partial charge < -0.3 is 68.6 Å². The summed E-state index contributed by atoms with van der Waals surface area (Å²) in [6.45, 7) is 43.5. The average Bonchev–Trinajstić information content (AvgIpc) is 1.39. The lowest BCUT2D eigenvalue weighted by Gasteiger charge is -2.31. The molecule has 5 aromatic carbocycles. The average molecular weight is 1820 g/mol. The van der Waals surface area contributed by atoms with Crippen LogP contribution in [0.2, 0.25) is 0 Å². The van der Waals surface area contributed by atoms with Crippen LogP contribution in [0, 0.1) is 21.4 Å². The molecule has 1 aliphatic carbocycles. The number of benzene rings is 5. The Labute approximate surface area is 782 Å². The number of carbonyl (C=O) groups is 3. The predicted molar refractivity (Wildman–Crippen MR) is 533 cm³/mol. The first-order valence-corrected chi connectivity index (χ1v) is 44.9. The molecule has 4 amide bonds. The van der Waals surface area contributed by atoms with Gasteiger partial charge in [0.2, 0.25) is 71.4 Å². The van der Waals surface area contributed by atoms with E-state index in [0.717, 1.165) is 86.5 Å². The second kappa shape index (κ2) is 45.3. The Kier molecular flexibility index (Phi) is 33.8. The van der Waals surface area contributed by atoms with Gasteiger partial charge in [0.05, 0.1) is 17.5 Å². The fourth-order valence-electron chi connectivity index (χ4n) is 13.3. The number of allylic oxidation sites excluding steroid dienone is 4. The summed E-state index contributed by atoms with van der Waals surface area (Å²) in [4.78, 5) is 112. The van der Waals surface area contributed by atoms with Crippen LogP contribution in [0.1, 0.15) is 197 Å². The van der Waals surface area contributed by atoms with Crippen LogP contribution < -0.4 is 74.4 Å². The summed E-state index contributed by atoms with van der Waals surface area (Å²) >= 11 is 0. The predicted octanol–water partition coefficient (Wildman–Crippen LogP) is 18.2. The number of imidazole rings is 1. The molecule has 15 rings (SSSR count). The van der Waals surface area contributed by atoms with Gasteiger partial charge in [-0.05, 0) is 115 Å². The lowest BCUT2D eigenvalue weighted by Crippen LogP contribution is -2.58. The number of carbonyl (C=O) groups excluding carboxylic acids is 3. The van der Waals surface area contributed by atoms with Crippen molar-refractivity contribution in [3.63, 3.8) is 0 Å². The first-order chi connectivity index (χ1) is 63.7. The molecule has 5 aliphatic rings. The Bertz CT molecular complexity index is 5920. The zero-order valence-electron chi connectivity index (χ0n) is 79.4. The third kappa shape index (κ3) is 30.7. The molecular weight excluding hydrogens is 1690 g/mol. The molecule has 0 saturated heterocycles. The fraction of sp³-hybridized carbons (Fsp3) is 0.378. The largest absolute Gasteiger partial charge is 0.373 e. The number of urea groups is 1. The first-order valence-electron chi connectivity index (χ1n) is 44.9. The van der Waals surface area contributed by atoms with E-state index in [1.807, 2.05) is 202 Å². The Morgan fingerprint density at radius 3 is 1.63 bits per heavy atom. The van der Waals surface area contributed by atoms with Crippen LogP contribution in [0.5, 0.6) is 0 Å². The normalized spacial score (nSPS) is 17.0. The maximum Gasteiger partial charge on any atom is 0.322 e. The van der Waals surface area contributed by atoms with Gasteiger partial charge in [0, 0.05) is 116 Å². The summed E-state index contributed by atoms with van der Waals surface area (Å²) in [6, 6.07) is 38.0. The second-order valence-corrected chi connectivity index (χ2v) is 37.6. The molecule has 0 saturated carbocycles. The number of aromatic amines is 1. The van der Waals surface area contributed by atoms with Crippen LogP contribution >= 0.6 is 0 Å². The van der Waals surface area contributed by atoms with Gasteiger partial charge in [-0.15, -0.1) is 0 Å². The number of nitrogens with zero attached hydrogens (tertiary/aromatic N) is 15. The highest BCUT2D eigenvalue weighted by molar-refractivity contribution is 6.02. The van der Waals surface area contributed by atoms with Crippen molar-refractivity contribution in [3.05, 3.63) is 251 Å². The number of para-hydroxylation sites is 4. The number of aliphatic hydroxyl groups is 1. The van der Waals surface area contributed by atoms with Crippen LogP contribution in [0.25, 0.3) is 11.0 Å². The van der Waals surface area contributed by atoms with Gasteiger partial charge in [0.15, 0.2) is 6.29 Å². The molecule has 134 heavy (non-hydrogen) atoms. The molecule has 0 fully saturated rings. The Morgan fingerprint density at radius 2 is 1.09 bits per heavy atom. The number of amidine groups is 1. The molecule has 5 atom stereocenters. The van der Waals surface area contributed by atoms with E-state index in [4.69, 9.17) is 0 Å². The summed E-state index contributed by atoms with van der Waals surface area (Å²) in [5.41, 5.74) is 9.40. The van der Waals surface area contributed by atoms with Crippen molar-refractivity contribution >= 4 is 122 Å². The van der Waals surface area contributed by atoms with Crippen molar-refractivity contribution in [1.82, 2.24) is 91.0 Å². The lowest BCUT2D eigenvalue weighted by atomic mass is 9.94. The van der Waals surface area contributed by atoms with Crippen LogP contribution in [-0.2, 0) is 44.1 Å². The number of aliphatic imine (C=N–C) groups is 1. The number of nitrogens with one attached hydrogen (secondary N) is 15. The minimum Gasteiger partial charge on any atom is -0.373 e. The van der Waals surface area contributed by atoms with Crippen LogP contribution in [0.15, 0.2) is 212 Å². The summed E-state index contributed by atoms with van der Waals surface area (Å²) in [5.74, 6) is 8.24. The van der Waals surface area contributed by atoms with Gasteiger partial charge in [0.1, 0.15) is 35.4 Å². The van der Waals surface area contributed by atoms with E-state index in [1.165, 1.54) is 19.3 Å². The molecule has 704 valence electrons. The summed E-state index contributed by atoms with van der Waals surface area (Å²) in [5, 5.41) is 63.8. The minimum absolute atomic E-state index is 0.000207. The van der Waals surface area contributed by atoms with Crippen LogP contribution in [0.3, 0.4) is 0 Å². The Hall–Kier alpha value is -14.8. The zero-order valence-corrected chi connectivity index (χ0v) is 79.4. The smallest absolute Gasteiger partial charge is 0.322 e. The van der Waals surface area contributed by atoms with Gasteiger partial charge in [-0.1, -0.05) is 241 Å². The third-order valence-corrected chi connectivity index (χ3v) is 20.7. The summed E-state index contributed by atoms with van der Waals surface area (Å²) in [7, 11) is 0. The lowest BCUT2D eigenvalue weighted by molar-refractivity contribution is -0.508. The minimum atomic E-state index is -0.686. The van der Waals surface area contributed by atoms with Crippen molar-refractivity contribution in [2.24, 2.45) is 16.3 Å². The van der Waals surface area contributed by atoms with E-state index in [0.29, 0.717) is 115 Å². The van der Waals surface area contributed by atoms with Crippen molar-refractivity contribution in [1.29, 1.82) is 0 Å². The maximum absolute atomic E-state index is 11.8. The van der Waals surface area contributed by atoms with Crippen molar-refractivity contribution < 1.29 is 24.4 Å². The second-order valence-electron chi connectivity index (χ2n) is 37.6. The molecule has 36 nitrogen and oxygen atoms in total. The van der Waals surface area contributed by atoms with Gasteiger partial charge in [-0.3, -0.25) is 35.7 Å². The van der Waals surface area contributed by atoms with E-state index in [2.05, 4.69) is 218 Å². The molecule has 0 spiro atoms. The molecule has 16 N–H and O–H groups in total. The fourth-order valence-corrected chi connectivity index (χ4v) is 13.3. The number of nitro groups is 1. The summed E-state index contributed by atoms with van der Waals surface area (Å²) in [6.07, 6.45) is 23.7. The van der Waals surface area contributed by atoms with Gasteiger partial charge >= 0.3 is 6.03 Å². The maximum atomic E-state index is 11.8. The molecule has 5 unspecified atom stereocenters. The zero-order chi connectivity index (χ0) is 96.5. The van der Waals surface area contributed by atoms with Gasteiger partial charge in [-0.2, -0.15) is 59.8 Å². The van der Waals surface area contributed by atoms with Crippen LogP contribution in [0.4, 0.5) is 92.5 Å². The highest BCUT2D eigenvalue weighted by atomic mass is 16.6. The Balaban J connectivity index is 0.000000162. The summed E-state index contributed by atoms with van der Waals surface area (Å²) < 4.78 is 0. The number of aliphatic hydroxyl groups excluding tert-OH is 1. The number of anilines is 15. The molecule has 0 bridgehead atoms. The SMILES string of the molecule is C=C/C=C(\C=C)Nc1nc(Nc2ccc3c(c2)NC(=O)C3)nc(C(C)(C)C)n1.CC(C)(C)C1=NC(NC2/C=C/NC(=O)C/C=C/C2)NC(=O)N1.CC(C)(C)c1nc(NC2=CCC([N+](=O)[O-])C=C2)nc(Nc2ccccc2)n1.CC(C)(C)c1nc(Nc2ccccc2)nc(Nc2nc3ccccc3[nH]2)n1.CCCCC(CC)CNc1nc(Nc2ccc3c(c2)NC(O)C3)nc(C(C)(C)C)n1. The number of unbranched alkanes of at least 4 members (excludes halogenated alkanes) is 1. The van der Waals surface area contributed by atoms with Crippen molar-refractivity contribution in [2.75, 3.05) is 59.7 Å². The highest BCUT2D eigenvalue weighted by Crippen LogP contribution is 2.34. The Morgan fingerprint density at radius 1 is 0.560 bits per heavy atom. The van der Waals surface area contributed by atoms with Gasteiger partial charge in [-0.25, -0.2) is 14.8 Å². The highest BCUT2D eigenvalue weighted by Gasteiger charge is 2.31. The monoisotopic (exact) mass is 1820 g/mol. The number of rotatable bonds is 26. The van der Waals surface area contributed by atoms with Crippen molar-refractivity contribution in [3.8, 4) is 0 Å². The van der Waals surface area contributed by atoms with E-state index in [9.17, 15) is 29.6 Å². The number of hydrogen-bond acceptors (Lipinski definition) is 30. The standard InChI is InChI=1S/C23H36N6O.C21H24N6O.C20H21N7.C19H22N6O2.C15H23N5O2/c1-6-8-9-15(7-2)14-24-21-27-20(23(3,4)5)28-22(29-21)25-17-11-10-16-12-19(30)26-18(16)13-17;1-6-8-14(7-2)22-19-25-18(21(3,4)5)26-20(27-19)23-15-10-9-13-11-17(28)24-16(13)12-15;1-20(2,3)16-24-17(21-13-9-5-4-6-10-13)26-19(25-16)27-18-22-14-11-7-8-12-15(14)23-18;1-19(2,3)16-22-17(20-13-7-5-4-6-8-13)24-18(23-16)21-14-9-11-15(12-10-14)25(26)27;1-15(2,3)12-18-13(20-14(22)19-12)17-10-6-4-5-7-11(21)16-9-8-10/h10-11,13,15,19,26,30H,6-9,12,14H2,1-5H3,(H2,24,25,27,28,29);6-10,12H,1-2,11H2,3-5H3,(H,24,28)(H2,22,23,25,26,27);4-12H,1-3H3,(H3,21,22,23,24,25,26,27);4-11,15H,12H2,1-3H3,(H2,20,21,22,23,24);4-5,8-10,13,17H,6-7H2,1-3H3,(H,16,21)(H2,18,19,20,22)/b;14-8+;;;5-4+,9-8+. The molecular formula is C98H126N30O6. The number of hydrogen-bond donors (Lipinski definition) is 16. The number of H-pyrrole nitrogens is 1. The van der Waals surface area contributed by atoms with Gasteiger partial charge in [0.25, 0.3) is 0 Å². The topological polar surface area (TPSA) is 479 Å². The molecule has 9 heterocycles. The van der Waals surface area contributed by atoms with E-state index in [1.54, 1.807) is 42.7 Å².